The second-order valence-corrected chi connectivity index (χ2v) is 6.47. The lowest BCUT2D eigenvalue weighted by molar-refractivity contribution is 0.702. The second-order valence-electron chi connectivity index (χ2n) is 5.64. The van der Waals surface area contributed by atoms with Crippen LogP contribution in [0, 0.1) is 0 Å². The average molecular weight is 313 g/mol. The predicted molar refractivity (Wildman–Crippen MR) is 94.4 cm³/mol. The van der Waals surface area contributed by atoms with Gasteiger partial charge in [0.2, 0.25) is 4.80 Å². The maximum Gasteiger partial charge on any atom is 0.206 e. The van der Waals surface area contributed by atoms with E-state index in [9.17, 15) is 0 Å². The Morgan fingerprint density at radius 2 is 1.77 bits per heavy atom. The van der Waals surface area contributed by atoms with Crippen LogP contribution in [0.25, 0.3) is 11.3 Å². The number of thiazole rings is 1. The number of nitrogens with zero attached hydrogens (tertiary/aromatic N) is 3. The van der Waals surface area contributed by atoms with Crippen molar-refractivity contribution < 1.29 is 0 Å². The van der Waals surface area contributed by atoms with Gasteiger partial charge < -0.3 is 0 Å². The third-order valence-electron chi connectivity index (χ3n) is 3.97. The van der Waals surface area contributed by atoms with E-state index in [2.05, 4.69) is 52.3 Å². The average Bonchev–Trinajstić information content (AvgIpc) is 2.77. The van der Waals surface area contributed by atoms with Crippen molar-refractivity contribution in [2.24, 2.45) is 10.1 Å². The predicted octanol–water partition coefficient (Wildman–Crippen LogP) is 4.70. The Labute approximate surface area is 136 Å². The van der Waals surface area contributed by atoms with Gasteiger partial charge in [-0.3, -0.25) is 4.99 Å². The van der Waals surface area contributed by atoms with E-state index >= 15 is 0 Å². The molecule has 22 heavy (non-hydrogen) atoms. The summed E-state index contributed by atoms with van der Waals surface area (Å²) in [5, 5.41) is 7.15. The Balaban J connectivity index is 2.05. The molecule has 1 fully saturated rings. The van der Waals surface area contributed by atoms with Gasteiger partial charge in [-0.25, -0.2) is 4.68 Å². The van der Waals surface area contributed by atoms with Gasteiger partial charge in [0.05, 0.1) is 5.69 Å². The minimum absolute atomic E-state index is 0.791. The molecule has 116 valence electrons. The van der Waals surface area contributed by atoms with Crippen LogP contribution in [0.2, 0.25) is 0 Å². The fourth-order valence-electron chi connectivity index (χ4n) is 2.82. The van der Waals surface area contributed by atoms with Gasteiger partial charge in [0.1, 0.15) is 0 Å². The quantitative estimate of drug-likeness (QED) is 0.736. The Morgan fingerprint density at radius 1 is 1.05 bits per heavy atom. The van der Waals surface area contributed by atoms with Crippen molar-refractivity contribution in [3.05, 3.63) is 40.5 Å². The van der Waals surface area contributed by atoms with Crippen LogP contribution in [0.3, 0.4) is 0 Å². The topological polar surface area (TPSA) is 29.6 Å². The van der Waals surface area contributed by atoms with E-state index in [0.29, 0.717) is 0 Å². The summed E-state index contributed by atoms with van der Waals surface area (Å²) in [5.41, 5.74) is 3.68. The molecule has 1 saturated carbocycles. The Bertz CT molecular complexity index is 685. The first-order valence-corrected chi connectivity index (χ1v) is 9.09. The van der Waals surface area contributed by atoms with Crippen LogP contribution >= 0.6 is 11.3 Å². The van der Waals surface area contributed by atoms with Gasteiger partial charge in [-0.15, -0.1) is 11.3 Å². The number of rotatable bonds is 3. The van der Waals surface area contributed by atoms with Gasteiger partial charge in [-0.1, -0.05) is 43.2 Å². The van der Waals surface area contributed by atoms with E-state index in [1.165, 1.54) is 37.0 Å². The highest BCUT2D eigenvalue weighted by Gasteiger charge is 2.10. The van der Waals surface area contributed by atoms with Gasteiger partial charge >= 0.3 is 0 Å². The molecule has 4 heteroatoms. The molecule has 1 aromatic heterocycles. The molecule has 1 aromatic carbocycles. The van der Waals surface area contributed by atoms with Crippen molar-refractivity contribution in [1.82, 2.24) is 4.68 Å². The molecular formula is C18H23N3S. The first-order valence-electron chi connectivity index (χ1n) is 8.21. The first-order chi connectivity index (χ1) is 10.9. The molecule has 3 rings (SSSR count). The first kappa shape index (κ1) is 15.2. The van der Waals surface area contributed by atoms with Crippen molar-refractivity contribution in [2.75, 3.05) is 6.54 Å². The summed E-state index contributed by atoms with van der Waals surface area (Å²) in [5.74, 6) is 0. The molecule has 0 radical (unpaired) electrons. The molecular weight excluding hydrogens is 290 g/mol. The minimum atomic E-state index is 0.791. The molecule has 2 aromatic rings. The number of hydrogen-bond acceptors (Lipinski definition) is 3. The van der Waals surface area contributed by atoms with Gasteiger partial charge in [0.25, 0.3) is 0 Å². The zero-order valence-corrected chi connectivity index (χ0v) is 14.0. The van der Waals surface area contributed by atoms with Gasteiger partial charge in [-0.05, 0) is 32.6 Å². The molecule has 1 aliphatic carbocycles. The molecule has 0 saturated heterocycles. The van der Waals surface area contributed by atoms with E-state index in [4.69, 9.17) is 5.10 Å². The summed E-state index contributed by atoms with van der Waals surface area (Å²) < 4.78 is 2.06. The summed E-state index contributed by atoms with van der Waals surface area (Å²) >= 11 is 1.68. The molecule has 1 heterocycles. The van der Waals surface area contributed by atoms with Crippen LogP contribution in [0.4, 0.5) is 0 Å². The minimum Gasteiger partial charge on any atom is -0.258 e. The lowest BCUT2D eigenvalue weighted by Gasteiger charge is -2.07. The van der Waals surface area contributed by atoms with Crippen LogP contribution < -0.4 is 4.80 Å². The fraction of sp³-hybridized carbons (Fsp3) is 0.444. The molecule has 0 atom stereocenters. The second kappa shape index (κ2) is 7.54. The lowest BCUT2D eigenvalue weighted by Crippen LogP contribution is -2.14. The smallest absolute Gasteiger partial charge is 0.206 e. The van der Waals surface area contributed by atoms with Crippen LogP contribution in [-0.4, -0.2) is 16.9 Å². The third-order valence-corrected chi connectivity index (χ3v) is 4.82. The van der Waals surface area contributed by atoms with Crippen molar-refractivity contribution >= 4 is 17.0 Å². The van der Waals surface area contributed by atoms with Crippen molar-refractivity contribution in [3.63, 3.8) is 0 Å². The van der Waals surface area contributed by atoms with Gasteiger partial charge in [0, 0.05) is 23.2 Å². The van der Waals surface area contributed by atoms with Crippen LogP contribution in [0.15, 0.2) is 45.8 Å². The maximum absolute atomic E-state index is 4.98. The maximum atomic E-state index is 4.98. The highest BCUT2D eigenvalue weighted by molar-refractivity contribution is 7.07. The standard InChI is InChI=1S/C18H23N3S/c1-2-19-18-21(20-16-12-8-3-4-9-13-16)17(14-22-18)15-10-6-5-7-11-15/h5-7,10-11,14H,2-4,8-9,12-13H2,1H3. The molecule has 3 nitrogen and oxygen atoms in total. The highest BCUT2D eigenvalue weighted by Crippen LogP contribution is 2.21. The van der Waals surface area contributed by atoms with E-state index in [1.54, 1.807) is 11.3 Å². The Hall–Kier alpha value is -1.68. The summed E-state index contributed by atoms with van der Waals surface area (Å²) in [6.07, 6.45) is 7.47. The van der Waals surface area contributed by atoms with Crippen molar-refractivity contribution in [1.29, 1.82) is 0 Å². The molecule has 0 N–H and O–H groups in total. The number of aromatic nitrogens is 1. The zero-order valence-electron chi connectivity index (χ0n) is 13.2. The Kier molecular flexibility index (Phi) is 5.22. The molecule has 0 bridgehead atoms. The molecule has 0 aliphatic heterocycles. The van der Waals surface area contributed by atoms with Crippen LogP contribution in [0.5, 0.6) is 0 Å². The largest absolute Gasteiger partial charge is 0.258 e. The molecule has 1 aliphatic rings. The van der Waals surface area contributed by atoms with Crippen LogP contribution in [0.1, 0.15) is 45.4 Å². The summed E-state index contributed by atoms with van der Waals surface area (Å²) in [4.78, 5) is 5.61. The summed E-state index contributed by atoms with van der Waals surface area (Å²) in [6, 6.07) is 10.5. The number of benzene rings is 1. The van der Waals surface area contributed by atoms with E-state index in [0.717, 1.165) is 29.9 Å². The van der Waals surface area contributed by atoms with Crippen LogP contribution in [-0.2, 0) is 0 Å². The van der Waals surface area contributed by atoms with E-state index in [-0.39, 0.29) is 0 Å². The molecule has 0 amide bonds. The monoisotopic (exact) mass is 313 g/mol. The number of hydrogen-bond donors (Lipinski definition) is 0. The lowest BCUT2D eigenvalue weighted by atomic mass is 10.2. The van der Waals surface area contributed by atoms with Crippen molar-refractivity contribution in [3.8, 4) is 11.3 Å². The normalized spacial score (nSPS) is 16.6. The van der Waals surface area contributed by atoms with E-state index in [1.807, 2.05) is 0 Å². The summed E-state index contributed by atoms with van der Waals surface area (Å²) in [6.45, 7) is 2.87. The molecule has 0 spiro atoms. The van der Waals surface area contributed by atoms with Gasteiger partial charge in [-0.2, -0.15) is 5.10 Å². The summed E-state index contributed by atoms with van der Waals surface area (Å²) in [7, 11) is 0. The third kappa shape index (κ3) is 3.55. The fourth-order valence-corrected chi connectivity index (χ4v) is 3.72. The highest BCUT2D eigenvalue weighted by atomic mass is 32.1. The molecule has 0 unspecified atom stereocenters. The SMILES string of the molecule is CCN=c1scc(-c2ccccc2)n1N=C1CCCCCC1. The Morgan fingerprint density at radius 3 is 2.45 bits per heavy atom. The van der Waals surface area contributed by atoms with Crippen molar-refractivity contribution in [2.45, 2.75) is 45.4 Å². The van der Waals surface area contributed by atoms with E-state index < -0.39 is 0 Å². The van der Waals surface area contributed by atoms with Gasteiger partial charge in [0.15, 0.2) is 0 Å². The zero-order chi connectivity index (χ0) is 15.2.